The molecule has 182 valence electrons. The second kappa shape index (κ2) is 14.2. The van der Waals surface area contributed by atoms with E-state index in [9.17, 15) is 0 Å². The molecule has 0 saturated heterocycles. The van der Waals surface area contributed by atoms with Crippen LogP contribution in [0.3, 0.4) is 0 Å². The molecule has 0 amide bonds. The molecule has 0 saturated carbocycles. The van der Waals surface area contributed by atoms with Crippen LogP contribution in [0.5, 0.6) is 23.0 Å². The lowest BCUT2D eigenvalue weighted by atomic mass is 10.2. The summed E-state index contributed by atoms with van der Waals surface area (Å²) >= 11 is 0. The number of methoxy groups -OCH3 is 3. The molecule has 0 bridgehead atoms. The Morgan fingerprint density at radius 1 is 0.735 bits per heavy atom. The number of halogens is 1. The summed E-state index contributed by atoms with van der Waals surface area (Å²) in [5.41, 5.74) is 3.21. The van der Waals surface area contributed by atoms with E-state index in [1.54, 1.807) is 28.4 Å². The van der Waals surface area contributed by atoms with Crippen LogP contribution in [-0.4, -0.2) is 34.3 Å². The van der Waals surface area contributed by atoms with Gasteiger partial charge in [-0.15, -0.1) is 24.0 Å². The van der Waals surface area contributed by atoms with E-state index in [1.807, 2.05) is 48.5 Å². The quantitative estimate of drug-likeness (QED) is 0.206. The van der Waals surface area contributed by atoms with E-state index in [0.717, 1.165) is 22.4 Å². The van der Waals surface area contributed by atoms with Crippen molar-refractivity contribution < 1.29 is 18.9 Å². The van der Waals surface area contributed by atoms with Gasteiger partial charge in [-0.1, -0.05) is 42.5 Å². The molecule has 0 fully saturated rings. The molecule has 0 aliphatic heterocycles. The number of nitrogens with zero attached hydrogens (tertiary/aromatic N) is 1. The van der Waals surface area contributed by atoms with Gasteiger partial charge in [0.25, 0.3) is 0 Å². The van der Waals surface area contributed by atoms with E-state index in [1.165, 1.54) is 0 Å². The van der Waals surface area contributed by atoms with Crippen LogP contribution in [0.2, 0.25) is 0 Å². The maximum absolute atomic E-state index is 5.93. The molecule has 0 atom stereocenters. The summed E-state index contributed by atoms with van der Waals surface area (Å²) in [6, 6.07) is 22.0. The lowest BCUT2D eigenvalue weighted by Crippen LogP contribution is -2.36. The third-order valence-corrected chi connectivity index (χ3v) is 5.01. The zero-order valence-electron chi connectivity index (χ0n) is 20.0. The largest absolute Gasteiger partial charge is 0.493 e. The SMILES string of the molecule is CN=C(NCc1cccc(OCc2ccccc2)c1)NCc1cc(OC)c(OC)c(OC)c1.I. The first kappa shape index (κ1) is 27.1. The Morgan fingerprint density at radius 3 is 1.94 bits per heavy atom. The molecular weight excluding hydrogens is 545 g/mol. The Bertz CT molecular complexity index is 1040. The number of nitrogens with one attached hydrogen (secondary N) is 2. The van der Waals surface area contributed by atoms with Crippen molar-refractivity contribution in [3.63, 3.8) is 0 Å². The van der Waals surface area contributed by atoms with Crippen LogP contribution in [0.4, 0.5) is 0 Å². The number of benzene rings is 3. The lowest BCUT2D eigenvalue weighted by Gasteiger charge is -2.16. The molecule has 0 aliphatic carbocycles. The van der Waals surface area contributed by atoms with Gasteiger partial charge in [-0.25, -0.2) is 0 Å². The fourth-order valence-corrected chi connectivity index (χ4v) is 3.32. The molecule has 34 heavy (non-hydrogen) atoms. The zero-order chi connectivity index (χ0) is 23.5. The predicted molar refractivity (Wildman–Crippen MR) is 146 cm³/mol. The van der Waals surface area contributed by atoms with Gasteiger partial charge in [-0.3, -0.25) is 4.99 Å². The van der Waals surface area contributed by atoms with Crippen LogP contribution < -0.4 is 29.6 Å². The molecular formula is C26H32IN3O4. The van der Waals surface area contributed by atoms with Gasteiger partial charge in [-0.2, -0.15) is 0 Å². The van der Waals surface area contributed by atoms with Gasteiger partial charge in [0.15, 0.2) is 17.5 Å². The zero-order valence-corrected chi connectivity index (χ0v) is 22.3. The smallest absolute Gasteiger partial charge is 0.203 e. The summed E-state index contributed by atoms with van der Waals surface area (Å²) in [5, 5.41) is 6.65. The highest BCUT2D eigenvalue weighted by atomic mass is 127. The topological polar surface area (TPSA) is 73.3 Å². The number of aliphatic imine (C=N–C) groups is 1. The van der Waals surface area contributed by atoms with Crippen molar-refractivity contribution >= 4 is 29.9 Å². The molecule has 0 unspecified atom stereocenters. The van der Waals surface area contributed by atoms with Gasteiger partial charge >= 0.3 is 0 Å². The summed E-state index contributed by atoms with van der Waals surface area (Å²) in [5.74, 6) is 3.31. The molecule has 7 nitrogen and oxygen atoms in total. The Kier molecular flexibility index (Phi) is 11.3. The highest BCUT2D eigenvalue weighted by molar-refractivity contribution is 14.0. The summed E-state index contributed by atoms with van der Waals surface area (Å²) < 4.78 is 22.2. The molecule has 0 aromatic heterocycles. The van der Waals surface area contributed by atoms with Crippen LogP contribution in [0, 0.1) is 0 Å². The number of hydrogen-bond donors (Lipinski definition) is 2. The summed E-state index contributed by atoms with van der Waals surface area (Å²) in [4.78, 5) is 4.31. The summed E-state index contributed by atoms with van der Waals surface area (Å²) in [6.07, 6.45) is 0. The predicted octanol–water partition coefficient (Wildman–Crippen LogP) is 4.77. The number of ether oxygens (including phenoxy) is 4. The van der Waals surface area contributed by atoms with Crippen LogP contribution in [0.25, 0.3) is 0 Å². The van der Waals surface area contributed by atoms with E-state index in [-0.39, 0.29) is 24.0 Å². The molecule has 0 aliphatic rings. The molecule has 3 aromatic carbocycles. The first-order valence-corrected chi connectivity index (χ1v) is 10.7. The molecule has 2 N–H and O–H groups in total. The van der Waals surface area contributed by atoms with Crippen LogP contribution >= 0.6 is 24.0 Å². The second-order valence-electron chi connectivity index (χ2n) is 7.23. The van der Waals surface area contributed by atoms with Crippen LogP contribution in [0.15, 0.2) is 71.7 Å². The Morgan fingerprint density at radius 2 is 1.35 bits per heavy atom. The van der Waals surface area contributed by atoms with Crippen molar-refractivity contribution in [2.24, 2.45) is 4.99 Å². The maximum atomic E-state index is 5.93. The average molecular weight is 577 g/mol. The van der Waals surface area contributed by atoms with E-state index in [0.29, 0.717) is 42.9 Å². The first-order chi connectivity index (χ1) is 16.2. The van der Waals surface area contributed by atoms with E-state index >= 15 is 0 Å². The molecule has 3 aromatic rings. The molecule has 0 spiro atoms. The monoisotopic (exact) mass is 577 g/mol. The van der Waals surface area contributed by atoms with Crippen molar-refractivity contribution in [2.45, 2.75) is 19.7 Å². The highest BCUT2D eigenvalue weighted by Crippen LogP contribution is 2.38. The minimum absolute atomic E-state index is 0. The highest BCUT2D eigenvalue weighted by Gasteiger charge is 2.13. The average Bonchev–Trinajstić information content (AvgIpc) is 2.87. The fraction of sp³-hybridized carbons (Fsp3) is 0.269. The minimum Gasteiger partial charge on any atom is -0.493 e. The second-order valence-corrected chi connectivity index (χ2v) is 7.23. The van der Waals surface area contributed by atoms with Crippen molar-refractivity contribution in [1.82, 2.24) is 10.6 Å². The van der Waals surface area contributed by atoms with Crippen LogP contribution in [0.1, 0.15) is 16.7 Å². The van der Waals surface area contributed by atoms with Crippen molar-refractivity contribution in [3.8, 4) is 23.0 Å². The lowest BCUT2D eigenvalue weighted by molar-refractivity contribution is 0.306. The maximum Gasteiger partial charge on any atom is 0.203 e. The fourth-order valence-electron chi connectivity index (χ4n) is 3.32. The van der Waals surface area contributed by atoms with Crippen molar-refractivity contribution in [3.05, 3.63) is 83.4 Å². The van der Waals surface area contributed by atoms with Gasteiger partial charge < -0.3 is 29.6 Å². The van der Waals surface area contributed by atoms with Crippen molar-refractivity contribution in [1.29, 1.82) is 0 Å². The van der Waals surface area contributed by atoms with Gasteiger partial charge in [0.05, 0.1) is 21.3 Å². The van der Waals surface area contributed by atoms with Gasteiger partial charge in [-0.05, 0) is 41.0 Å². The Hall–Kier alpha value is -3.14. The van der Waals surface area contributed by atoms with Gasteiger partial charge in [0.2, 0.25) is 5.75 Å². The summed E-state index contributed by atoms with van der Waals surface area (Å²) in [6.45, 7) is 1.68. The Balaban J connectivity index is 0.00000408. The number of guanidine groups is 1. The van der Waals surface area contributed by atoms with E-state index in [2.05, 4.69) is 33.8 Å². The molecule has 0 heterocycles. The third-order valence-electron chi connectivity index (χ3n) is 5.01. The normalized spacial score (nSPS) is 10.6. The standard InChI is InChI=1S/C26H31N3O4.HI/c1-27-26(29-17-21-14-23(30-2)25(32-4)24(15-21)31-3)28-16-20-11-8-12-22(13-20)33-18-19-9-6-5-7-10-19;/h5-15H,16-18H2,1-4H3,(H2,27,28,29);1H. The molecule has 8 heteroatoms. The van der Waals surface area contributed by atoms with Gasteiger partial charge in [0.1, 0.15) is 12.4 Å². The van der Waals surface area contributed by atoms with Gasteiger partial charge in [0, 0.05) is 20.1 Å². The number of hydrogen-bond acceptors (Lipinski definition) is 5. The minimum atomic E-state index is 0. The molecule has 3 rings (SSSR count). The van der Waals surface area contributed by atoms with Crippen LogP contribution in [-0.2, 0) is 19.7 Å². The first-order valence-electron chi connectivity index (χ1n) is 10.7. The van der Waals surface area contributed by atoms with E-state index in [4.69, 9.17) is 18.9 Å². The number of rotatable bonds is 10. The van der Waals surface area contributed by atoms with Crippen molar-refractivity contribution in [2.75, 3.05) is 28.4 Å². The third kappa shape index (κ3) is 7.72. The summed E-state index contributed by atoms with van der Waals surface area (Å²) in [7, 11) is 6.54. The van der Waals surface area contributed by atoms with E-state index < -0.39 is 0 Å². The Labute approximate surface area is 218 Å². The molecule has 0 radical (unpaired) electrons.